The fourth-order valence-corrected chi connectivity index (χ4v) is 3.32. The minimum absolute atomic E-state index is 0.249. The molecule has 0 aliphatic carbocycles. The van der Waals surface area contributed by atoms with Crippen LogP contribution in [0.4, 0.5) is 16.2 Å². The number of nitrogens with zero attached hydrogens (tertiary/aromatic N) is 4. The number of hydrogen-bond donors (Lipinski definition) is 0. The highest BCUT2D eigenvalue weighted by Crippen LogP contribution is 2.41. The Morgan fingerprint density at radius 1 is 1.23 bits per heavy atom. The van der Waals surface area contributed by atoms with Crippen molar-refractivity contribution >= 4 is 17.5 Å². The van der Waals surface area contributed by atoms with Crippen LogP contribution in [0.5, 0.6) is 0 Å². The topological polar surface area (TPSA) is 50.6 Å². The first kappa shape index (κ1) is 18.3. The molecule has 26 heavy (non-hydrogen) atoms. The van der Waals surface area contributed by atoms with Gasteiger partial charge in [-0.1, -0.05) is 12.1 Å². The van der Waals surface area contributed by atoms with Crippen molar-refractivity contribution in [1.29, 1.82) is 0 Å². The molecule has 2 aromatic rings. The number of amides is 1. The summed E-state index contributed by atoms with van der Waals surface area (Å²) in [4.78, 5) is 16.9. The van der Waals surface area contributed by atoms with Crippen molar-refractivity contribution in [3.8, 4) is 0 Å². The van der Waals surface area contributed by atoms with Crippen LogP contribution in [-0.4, -0.2) is 33.6 Å². The molecule has 1 aromatic heterocycles. The van der Waals surface area contributed by atoms with Crippen LogP contribution < -0.4 is 9.80 Å². The van der Waals surface area contributed by atoms with E-state index in [1.165, 1.54) is 0 Å². The van der Waals surface area contributed by atoms with Crippen LogP contribution in [0.2, 0.25) is 0 Å². The predicted molar refractivity (Wildman–Crippen MR) is 103 cm³/mol. The molecule has 0 saturated carbocycles. The van der Waals surface area contributed by atoms with Gasteiger partial charge in [0.25, 0.3) is 0 Å². The molecule has 1 amide bonds. The largest absolute Gasteiger partial charge is 0.443 e. The van der Waals surface area contributed by atoms with E-state index in [1.807, 2.05) is 63.1 Å². The van der Waals surface area contributed by atoms with Gasteiger partial charge in [-0.3, -0.25) is 9.58 Å². The van der Waals surface area contributed by atoms with Gasteiger partial charge >= 0.3 is 6.09 Å². The summed E-state index contributed by atoms with van der Waals surface area (Å²) < 4.78 is 7.45. The highest BCUT2D eigenvalue weighted by molar-refractivity contribution is 5.94. The molecule has 0 atom stereocenters. The van der Waals surface area contributed by atoms with Crippen LogP contribution in [0, 0.1) is 0 Å². The van der Waals surface area contributed by atoms with Gasteiger partial charge in [0.15, 0.2) is 0 Å². The number of rotatable bonds is 2. The summed E-state index contributed by atoms with van der Waals surface area (Å²) in [7, 11) is 1.92. The standard InChI is InChI=1S/C20H28N4O2/c1-19(2,3)26-18(25)23-14-20(4,5)24(13-15-11-21-22(6)12-15)17-10-8-7-9-16(17)23/h7-12H,13-14H2,1-6H3. The lowest BCUT2D eigenvalue weighted by atomic mass is 9.95. The fourth-order valence-electron chi connectivity index (χ4n) is 3.32. The average molecular weight is 356 g/mol. The second-order valence-corrected chi connectivity index (χ2v) is 8.48. The SMILES string of the molecule is Cn1cc(CN2c3ccccc3N(C(=O)OC(C)(C)C)CC2(C)C)cn1. The van der Waals surface area contributed by atoms with Gasteiger partial charge in [-0.05, 0) is 46.8 Å². The second kappa shape index (κ2) is 6.34. The molecule has 1 aromatic carbocycles. The minimum Gasteiger partial charge on any atom is -0.443 e. The lowest BCUT2D eigenvalue weighted by Gasteiger charge is -2.49. The molecule has 0 N–H and O–H groups in total. The Bertz CT molecular complexity index is 804. The highest BCUT2D eigenvalue weighted by Gasteiger charge is 2.40. The van der Waals surface area contributed by atoms with E-state index in [-0.39, 0.29) is 11.6 Å². The highest BCUT2D eigenvalue weighted by atomic mass is 16.6. The maximum atomic E-state index is 12.8. The molecule has 6 nitrogen and oxygen atoms in total. The molecule has 1 aliphatic heterocycles. The van der Waals surface area contributed by atoms with E-state index in [0.717, 1.165) is 23.5 Å². The number of para-hydroxylation sites is 2. The zero-order valence-electron chi connectivity index (χ0n) is 16.5. The van der Waals surface area contributed by atoms with Gasteiger partial charge in [-0.25, -0.2) is 4.79 Å². The maximum absolute atomic E-state index is 12.8. The number of hydrogen-bond acceptors (Lipinski definition) is 4. The Morgan fingerprint density at radius 3 is 2.46 bits per heavy atom. The number of carbonyl (C=O) groups excluding carboxylic acids is 1. The lowest BCUT2D eigenvalue weighted by Crippen LogP contribution is -2.57. The van der Waals surface area contributed by atoms with Gasteiger partial charge in [0.1, 0.15) is 5.60 Å². The summed E-state index contributed by atoms with van der Waals surface area (Å²) >= 11 is 0. The number of anilines is 2. The zero-order valence-corrected chi connectivity index (χ0v) is 16.5. The quantitative estimate of drug-likeness (QED) is 0.817. The van der Waals surface area contributed by atoms with Crippen molar-refractivity contribution in [3.05, 3.63) is 42.2 Å². The first-order chi connectivity index (χ1) is 12.1. The Hall–Kier alpha value is -2.50. The molecule has 140 valence electrons. The number of benzene rings is 1. The molecule has 3 rings (SSSR count). The second-order valence-electron chi connectivity index (χ2n) is 8.48. The first-order valence-electron chi connectivity index (χ1n) is 8.91. The predicted octanol–water partition coefficient (Wildman–Crippen LogP) is 3.96. The van der Waals surface area contributed by atoms with Crippen LogP contribution in [0.3, 0.4) is 0 Å². The third kappa shape index (κ3) is 3.69. The zero-order chi connectivity index (χ0) is 19.1. The molecular weight excluding hydrogens is 328 g/mol. The molecule has 6 heteroatoms. The molecule has 1 aliphatic rings. The van der Waals surface area contributed by atoms with Gasteiger partial charge in [-0.15, -0.1) is 0 Å². The van der Waals surface area contributed by atoms with Crippen LogP contribution in [-0.2, 0) is 18.3 Å². The van der Waals surface area contributed by atoms with E-state index < -0.39 is 5.60 Å². The normalized spacial score (nSPS) is 16.4. The summed E-state index contributed by atoms with van der Waals surface area (Å²) in [5, 5.41) is 4.27. The molecule has 2 heterocycles. The number of fused-ring (bicyclic) bond motifs is 1. The van der Waals surface area contributed by atoms with E-state index in [9.17, 15) is 4.79 Å². The summed E-state index contributed by atoms with van der Waals surface area (Å²) in [6.07, 6.45) is 3.61. The van der Waals surface area contributed by atoms with Crippen molar-refractivity contribution in [2.45, 2.75) is 52.3 Å². The Labute approximate surface area is 155 Å². The maximum Gasteiger partial charge on any atom is 0.414 e. The molecule has 0 spiro atoms. The number of carbonyl (C=O) groups is 1. The summed E-state index contributed by atoms with van der Waals surface area (Å²) in [6.45, 7) is 11.3. The van der Waals surface area contributed by atoms with Crippen molar-refractivity contribution in [2.75, 3.05) is 16.3 Å². The molecule has 0 radical (unpaired) electrons. The van der Waals surface area contributed by atoms with Crippen LogP contribution in [0.15, 0.2) is 36.7 Å². The van der Waals surface area contributed by atoms with Gasteiger partial charge in [0.05, 0.1) is 29.7 Å². The summed E-state index contributed by atoms with van der Waals surface area (Å²) in [5.41, 5.74) is 2.27. The third-order valence-corrected chi connectivity index (χ3v) is 4.45. The van der Waals surface area contributed by atoms with Crippen LogP contribution >= 0.6 is 0 Å². The molecule has 0 bridgehead atoms. The van der Waals surface area contributed by atoms with Crippen molar-refractivity contribution in [3.63, 3.8) is 0 Å². The number of aromatic nitrogens is 2. The van der Waals surface area contributed by atoms with Gasteiger partial charge in [-0.2, -0.15) is 5.10 Å². The van der Waals surface area contributed by atoms with Crippen molar-refractivity contribution < 1.29 is 9.53 Å². The van der Waals surface area contributed by atoms with Gasteiger partial charge < -0.3 is 9.64 Å². The van der Waals surface area contributed by atoms with Gasteiger partial charge in [0, 0.05) is 25.4 Å². The molecule has 0 fully saturated rings. The Kier molecular flexibility index (Phi) is 4.46. The van der Waals surface area contributed by atoms with E-state index in [4.69, 9.17) is 4.74 Å². The van der Waals surface area contributed by atoms with Crippen molar-refractivity contribution in [2.24, 2.45) is 7.05 Å². The number of ether oxygens (including phenoxy) is 1. The molecular formula is C20H28N4O2. The summed E-state index contributed by atoms with van der Waals surface area (Å²) in [5.74, 6) is 0. The van der Waals surface area contributed by atoms with Crippen molar-refractivity contribution in [1.82, 2.24) is 9.78 Å². The van der Waals surface area contributed by atoms with Crippen LogP contribution in [0.1, 0.15) is 40.2 Å². The minimum atomic E-state index is -0.525. The third-order valence-electron chi connectivity index (χ3n) is 4.45. The summed E-state index contributed by atoms with van der Waals surface area (Å²) in [6, 6.07) is 8.00. The van der Waals surface area contributed by atoms with E-state index in [2.05, 4.69) is 29.9 Å². The van der Waals surface area contributed by atoms with Crippen LogP contribution in [0.25, 0.3) is 0 Å². The monoisotopic (exact) mass is 356 g/mol. The van der Waals surface area contributed by atoms with Gasteiger partial charge in [0.2, 0.25) is 0 Å². The first-order valence-corrected chi connectivity index (χ1v) is 8.91. The van der Waals surface area contributed by atoms with E-state index in [1.54, 1.807) is 4.90 Å². The molecule has 0 saturated heterocycles. The Balaban J connectivity index is 1.97. The lowest BCUT2D eigenvalue weighted by molar-refractivity contribution is 0.0570. The smallest absolute Gasteiger partial charge is 0.414 e. The Morgan fingerprint density at radius 2 is 1.88 bits per heavy atom. The number of aryl methyl sites for hydroxylation is 1. The average Bonchev–Trinajstić information content (AvgIpc) is 2.93. The van der Waals surface area contributed by atoms with E-state index in [0.29, 0.717) is 6.54 Å². The fraction of sp³-hybridized carbons (Fsp3) is 0.500. The molecule has 0 unspecified atom stereocenters. The van der Waals surface area contributed by atoms with E-state index >= 15 is 0 Å².